The topological polar surface area (TPSA) is 112 Å². The summed E-state index contributed by atoms with van der Waals surface area (Å²) in [6, 6.07) is 8.09. The van der Waals surface area contributed by atoms with E-state index >= 15 is 0 Å². The molecular formula is C30H36N6O3S2. The predicted octanol–water partition coefficient (Wildman–Crippen LogP) is 4.54. The number of anilines is 1. The number of carbonyl (C=O) groups is 2. The van der Waals surface area contributed by atoms with E-state index in [0.29, 0.717) is 30.0 Å². The van der Waals surface area contributed by atoms with Crippen molar-refractivity contribution in [1.29, 1.82) is 0 Å². The highest BCUT2D eigenvalue weighted by atomic mass is 32.1. The van der Waals surface area contributed by atoms with Crippen LogP contribution in [0.3, 0.4) is 0 Å². The van der Waals surface area contributed by atoms with E-state index in [1.54, 1.807) is 47.9 Å². The number of likely N-dealkylation sites (N-methyl/N-ethyl adjacent to an activating group) is 1. The molecule has 11 heteroatoms. The molecule has 0 radical (unpaired) electrons. The molecular weight excluding hydrogens is 557 g/mol. The number of nitrogens with one attached hydrogen (secondary N) is 1. The molecule has 4 rings (SSSR count). The predicted molar refractivity (Wildman–Crippen MR) is 164 cm³/mol. The van der Waals surface area contributed by atoms with E-state index in [4.69, 9.17) is 0 Å². The number of pyridine rings is 1. The molecule has 0 unspecified atom stereocenters. The fourth-order valence-electron chi connectivity index (χ4n) is 4.35. The van der Waals surface area contributed by atoms with Gasteiger partial charge in [0.1, 0.15) is 5.01 Å². The summed E-state index contributed by atoms with van der Waals surface area (Å²) in [5.74, 6) is -0.245. The van der Waals surface area contributed by atoms with E-state index in [1.165, 1.54) is 22.7 Å². The number of aryl methyl sites for hydroxylation is 1. The number of aromatic nitrogens is 3. The van der Waals surface area contributed by atoms with Crippen molar-refractivity contribution in [3.63, 3.8) is 0 Å². The standard InChI is InChI=1S/C30H36N6O3S2/c1-19(2)23-10-25(13-31-12-23)35(4)14-27(37)26(11-24-17-40-18-32-24)34-29(38)21-7-6-8-22(9-21)30(39)36(5)15-28-33-20(3)16-41-28/h6-10,12-13,16-19,26-27,37H,11,14-15H2,1-5H3,(H,34,38)/t26-,27+/m0/s1. The molecule has 4 aromatic rings. The maximum Gasteiger partial charge on any atom is 0.253 e. The van der Waals surface area contributed by atoms with Gasteiger partial charge in [-0.3, -0.25) is 14.6 Å². The molecule has 1 aromatic carbocycles. The SMILES string of the molecule is Cc1csc(CN(C)C(=O)c2cccc(C(=O)N[C@@H](Cc3cscn3)[C@H](O)CN(C)c3cncc(C(C)C)c3)c2)n1. The lowest BCUT2D eigenvalue weighted by atomic mass is 10.0. The lowest BCUT2D eigenvalue weighted by Gasteiger charge is -2.29. The Balaban J connectivity index is 1.47. The van der Waals surface area contributed by atoms with Gasteiger partial charge in [0.05, 0.1) is 41.8 Å². The zero-order valence-electron chi connectivity index (χ0n) is 23.9. The Morgan fingerprint density at radius 3 is 2.56 bits per heavy atom. The number of amides is 2. The van der Waals surface area contributed by atoms with Gasteiger partial charge in [-0.05, 0) is 42.7 Å². The number of carbonyl (C=O) groups excluding carboxylic acids is 2. The third-order valence-corrected chi connectivity index (χ3v) is 8.35. The average molecular weight is 593 g/mol. The Kier molecular flexibility index (Phi) is 10.2. The molecule has 2 atom stereocenters. The highest BCUT2D eigenvalue weighted by Gasteiger charge is 2.25. The largest absolute Gasteiger partial charge is 0.389 e. The van der Waals surface area contributed by atoms with Crippen molar-refractivity contribution in [3.8, 4) is 0 Å². The maximum atomic E-state index is 13.4. The molecule has 0 aliphatic rings. The van der Waals surface area contributed by atoms with Crippen LogP contribution in [0.4, 0.5) is 5.69 Å². The molecule has 0 aliphatic carbocycles. The molecule has 216 valence electrons. The summed E-state index contributed by atoms with van der Waals surface area (Å²) in [5.41, 5.74) is 6.18. The van der Waals surface area contributed by atoms with E-state index in [2.05, 4.69) is 40.2 Å². The second-order valence-electron chi connectivity index (χ2n) is 10.5. The summed E-state index contributed by atoms with van der Waals surface area (Å²) in [6.07, 6.45) is 3.08. The first-order valence-electron chi connectivity index (χ1n) is 13.4. The van der Waals surface area contributed by atoms with Crippen molar-refractivity contribution >= 4 is 40.2 Å². The van der Waals surface area contributed by atoms with Crippen molar-refractivity contribution in [2.45, 2.75) is 51.8 Å². The minimum absolute atomic E-state index is 0.203. The summed E-state index contributed by atoms with van der Waals surface area (Å²) in [4.78, 5) is 43.2. The van der Waals surface area contributed by atoms with Crippen molar-refractivity contribution in [2.75, 3.05) is 25.5 Å². The second kappa shape index (κ2) is 13.8. The molecule has 2 N–H and O–H groups in total. The van der Waals surface area contributed by atoms with Crippen LogP contribution in [-0.2, 0) is 13.0 Å². The molecule has 0 saturated heterocycles. The Morgan fingerprint density at radius 2 is 1.88 bits per heavy atom. The molecule has 0 bridgehead atoms. The van der Waals surface area contributed by atoms with Gasteiger partial charge in [-0.25, -0.2) is 9.97 Å². The quantitative estimate of drug-likeness (QED) is 0.249. The Labute approximate surface area is 248 Å². The normalized spacial score (nSPS) is 12.7. The molecule has 2 amide bonds. The van der Waals surface area contributed by atoms with Crippen LogP contribution in [0.5, 0.6) is 0 Å². The van der Waals surface area contributed by atoms with Crippen LogP contribution in [0.1, 0.15) is 62.4 Å². The number of benzene rings is 1. The van der Waals surface area contributed by atoms with Crippen LogP contribution in [0.25, 0.3) is 0 Å². The van der Waals surface area contributed by atoms with E-state index < -0.39 is 12.1 Å². The van der Waals surface area contributed by atoms with Gasteiger partial charge in [0, 0.05) is 60.8 Å². The molecule has 0 aliphatic heterocycles. The van der Waals surface area contributed by atoms with Crippen molar-refractivity contribution in [2.24, 2.45) is 0 Å². The first-order chi connectivity index (χ1) is 19.6. The van der Waals surface area contributed by atoms with Crippen LogP contribution in [0, 0.1) is 6.92 Å². The summed E-state index contributed by atoms with van der Waals surface area (Å²) in [6.45, 7) is 6.80. The van der Waals surface area contributed by atoms with Crippen molar-refractivity contribution in [1.82, 2.24) is 25.2 Å². The lowest BCUT2D eigenvalue weighted by molar-refractivity contribution is 0.0785. The highest BCUT2D eigenvalue weighted by molar-refractivity contribution is 7.09. The molecule has 0 spiro atoms. The molecule has 9 nitrogen and oxygen atoms in total. The number of hydrogen-bond acceptors (Lipinski definition) is 9. The molecule has 0 fully saturated rings. The van der Waals surface area contributed by atoms with Gasteiger partial charge in [-0.15, -0.1) is 22.7 Å². The first kappa shape index (κ1) is 30.3. The fourth-order valence-corrected chi connectivity index (χ4v) is 5.74. The van der Waals surface area contributed by atoms with Gasteiger partial charge in [-0.1, -0.05) is 19.9 Å². The number of aliphatic hydroxyl groups is 1. The van der Waals surface area contributed by atoms with Crippen LogP contribution in [-0.4, -0.2) is 69.6 Å². The van der Waals surface area contributed by atoms with Crippen LogP contribution in [0.15, 0.2) is 59.0 Å². The lowest BCUT2D eigenvalue weighted by Crippen LogP contribution is -2.49. The number of thiazole rings is 2. The van der Waals surface area contributed by atoms with E-state index in [-0.39, 0.29) is 18.4 Å². The van der Waals surface area contributed by atoms with Gasteiger partial charge < -0.3 is 20.2 Å². The highest BCUT2D eigenvalue weighted by Crippen LogP contribution is 2.20. The zero-order valence-corrected chi connectivity index (χ0v) is 25.6. The Hall–Kier alpha value is -3.67. The van der Waals surface area contributed by atoms with Crippen molar-refractivity contribution in [3.05, 3.63) is 92.1 Å². The number of hydrogen-bond donors (Lipinski definition) is 2. The fraction of sp³-hybridized carbons (Fsp3) is 0.367. The average Bonchev–Trinajstić information content (AvgIpc) is 3.63. The minimum Gasteiger partial charge on any atom is -0.389 e. The van der Waals surface area contributed by atoms with E-state index in [0.717, 1.165) is 27.6 Å². The van der Waals surface area contributed by atoms with Crippen LogP contribution in [0.2, 0.25) is 0 Å². The van der Waals surface area contributed by atoms with E-state index in [1.807, 2.05) is 35.8 Å². The van der Waals surface area contributed by atoms with E-state index in [9.17, 15) is 14.7 Å². The third kappa shape index (κ3) is 8.18. The zero-order chi connectivity index (χ0) is 29.5. The van der Waals surface area contributed by atoms with Gasteiger partial charge in [0.15, 0.2) is 0 Å². The van der Waals surface area contributed by atoms with Gasteiger partial charge >= 0.3 is 0 Å². The summed E-state index contributed by atoms with van der Waals surface area (Å²) >= 11 is 2.97. The maximum absolute atomic E-state index is 13.4. The molecule has 3 aromatic heterocycles. The second-order valence-corrected chi connectivity index (χ2v) is 12.1. The monoisotopic (exact) mass is 592 g/mol. The van der Waals surface area contributed by atoms with Crippen LogP contribution < -0.4 is 10.2 Å². The number of nitrogens with zero attached hydrogens (tertiary/aromatic N) is 5. The van der Waals surface area contributed by atoms with Gasteiger partial charge in [0.2, 0.25) is 0 Å². The van der Waals surface area contributed by atoms with Gasteiger partial charge in [0.25, 0.3) is 11.8 Å². The molecule has 41 heavy (non-hydrogen) atoms. The summed E-state index contributed by atoms with van der Waals surface area (Å²) in [5, 5.41) is 19.0. The minimum atomic E-state index is -0.897. The first-order valence-corrected chi connectivity index (χ1v) is 15.2. The number of aliphatic hydroxyl groups excluding tert-OH is 1. The smallest absolute Gasteiger partial charge is 0.253 e. The van der Waals surface area contributed by atoms with Gasteiger partial charge in [-0.2, -0.15) is 0 Å². The molecule has 3 heterocycles. The summed E-state index contributed by atoms with van der Waals surface area (Å²) in [7, 11) is 3.61. The summed E-state index contributed by atoms with van der Waals surface area (Å²) < 4.78 is 0. The third-order valence-electron chi connectivity index (χ3n) is 6.76. The Bertz CT molecular complexity index is 1460. The molecule has 0 saturated carbocycles. The Morgan fingerprint density at radius 1 is 1.10 bits per heavy atom. The number of rotatable bonds is 12. The van der Waals surface area contributed by atoms with Crippen molar-refractivity contribution < 1.29 is 14.7 Å². The van der Waals surface area contributed by atoms with Crippen LogP contribution >= 0.6 is 22.7 Å².